The maximum Gasteiger partial charge on any atom is 0.267 e. The van der Waals surface area contributed by atoms with Gasteiger partial charge in [-0.2, -0.15) is 0 Å². The summed E-state index contributed by atoms with van der Waals surface area (Å²) < 4.78 is 0. The molecule has 2 aromatic rings. The molecule has 0 saturated heterocycles. The summed E-state index contributed by atoms with van der Waals surface area (Å²) in [6, 6.07) is 9.27. The number of carbonyl (C=O) groups excluding carboxylic acids is 1. The van der Waals surface area contributed by atoms with Crippen molar-refractivity contribution < 1.29 is 4.79 Å². The van der Waals surface area contributed by atoms with Gasteiger partial charge in [0, 0.05) is 12.7 Å². The Kier molecular flexibility index (Phi) is 3.61. The van der Waals surface area contributed by atoms with Crippen LogP contribution in [0.3, 0.4) is 0 Å². The topological polar surface area (TPSA) is 85.2 Å². The van der Waals surface area contributed by atoms with E-state index in [-0.39, 0.29) is 5.69 Å². The first-order valence-electron chi connectivity index (χ1n) is 6.27. The molecule has 0 aliphatic carbocycles. The van der Waals surface area contributed by atoms with Crippen LogP contribution in [-0.4, -0.2) is 17.9 Å². The molecule has 0 atom stereocenters. The van der Waals surface area contributed by atoms with Gasteiger partial charge in [0.1, 0.15) is 5.69 Å². The lowest BCUT2D eigenvalue weighted by Gasteiger charge is -2.22. The number of anilines is 3. The molecule has 1 amide bonds. The van der Waals surface area contributed by atoms with Crippen LogP contribution in [0.5, 0.6) is 0 Å². The minimum atomic E-state index is -0.569. The molecule has 1 aromatic carbocycles. The van der Waals surface area contributed by atoms with E-state index in [1.165, 1.54) is 11.6 Å². The van der Waals surface area contributed by atoms with Gasteiger partial charge in [0.2, 0.25) is 0 Å². The average molecular weight is 270 g/mol. The molecule has 1 heterocycles. The standard InChI is InChI=1S/C15H18N4O/c1-9-4-7-13(10(2)8-9)19(3)15-11(16)5-6-12(18-15)14(17)20/h4-8H,16H2,1-3H3,(H2,17,20). The summed E-state index contributed by atoms with van der Waals surface area (Å²) in [6.07, 6.45) is 0. The Labute approximate surface area is 118 Å². The van der Waals surface area contributed by atoms with Crippen molar-refractivity contribution in [2.75, 3.05) is 17.7 Å². The molecular weight excluding hydrogens is 252 g/mol. The van der Waals surface area contributed by atoms with Gasteiger partial charge in [-0.3, -0.25) is 4.79 Å². The van der Waals surface area contributed by atoms with Crippen LogP contribution in [0.15, 0.2) is 30.3 Å². The summed E-state index contributed by atoms with van der Waals surface area (Å²) in [7, 11) is 1.86. The molecule has 5 heteroatoms. The van der Waals surface area contributed by atoms with Gasteiger partial charge in [0.15, 0.2) is 5.82 Å². The van der Waals surface area contributed by atoms with E-state index < -0.39 is 5.91 Å². The van der Waals surface area contributed by atoms with Crippen LogP contribution in [-0.2, 0) is 0 Å². The Morgan fingerprint density at radius 3 is 2.50 bits per heavy atom. The van der Waals surface area contributed by atoms with Crippen LogP contribution in [0.1, 0.15) is 21.6 Å². The summed E-state index contributed by atoms with van der Waals surface area (Å²) in [5.41, 5.74) is 15.2. The number of nitrogens with zero attached hydrogens (tertiary/aromatic N) is 2. The van der Waals surface area contributed by atoms with Gasteiger partial charge in [0.25, 0.3) is 5.91 Å². The highest BCUT2D eigenvalue weighted by molar-refractivity contribution is 5.92. The lowest BCUT2D eigenvalue weighted by molar-refractivity contribution is 0.0995. The van der Waals surface area contributed by atoms with E-state index in [9.17, 15) is 4.79 Å². The highest BCUT2D eigenvalue weighted by Gasteiger charge is 2.14. The van der Waals surface area contributed by atoms with Crippen molar-refractivity contribution in [3.05, 3.63) is 47.2 Å². The van der Waals surface area contributed by atoms with Crippen molar-refractivity contribution in [3.8, 4) is 0 Å². The largest absolute Gasteiger partial charge is 0.396 e. The third-order valence-corrected chi connectivity index (χ3v) is 3.19. The second-order valence-electron chi connectivity index (χ2n) is 4.82. The van der Waals surface area contributed by atoms with Crippen molar-refractivity contribution in [2.24, 2.45) is 5.73 Å². The van der Waals surface area contributed by atoms with Gasteiger partial charge in [-0.1, -0.05) is 17.7 Å². The minimum absolute atomic E-state index is 0.200. The fraction of sp³-hybridized carbons (Fsp3) is 0.200. The average Bonchev–Trinajstić information content (AvgIpc) is 2.38. The van der Waals surface area contributed by atoms with E-state index in [2.05, 4.69) is 11.1 Å². The van der Waals surface area contributed by atoms with Gasteiger partial charge < -0.3 is 16.4 Å². The Balaban J connectivity index is 2.49. The van der Waals surface area contributed by atoms with E-state index in [0.29, 0.717) is 11.5 Å². The monoisotopic (exact) mass is 270 g/mol. The number of benzene rings is 1. The second kappa shape index (κ2) is 5.21. The van der Waals surface area contributed by atoms with Gasteiger partial charge in [-0.15, -0.1) is 0 Å². The molecule has 4 N–H and O–H groups in total. The number of rotatable bonds is 3. The summed E-state index contributed by atoms with van der Waals surface area (Å²) in [6.45, 7) is 4.06. The van der Waals surface area contributed by atoms with Crippen LogP contribution in [0.4, 0.5) is 17.2 Å². The molecule has 20 heavy (non-hydrogen) atoms. The van der Waals surface area contributed by atoms with Crippen molar-refractivity contribution in [1.82, 2.24) is 4.98 Å². The normalized spacial score (nSPS) is 10.3. The molecule has 1 aromatic heterocycles. The zero-order chi connectivity index (χ0) is 14.9. The first-order valence-corrected chi connectivity index (χ1v) is 6.27. The smallest absolute Gasteiger partial charge is 0.267 e. The van der Waals surface area contributed by atoms with Crippen molar-refractivity contribution >= 4 is 23.1 Å². The quantitative estimate of drug-likeness (QED) is 0.894. The van der Waals surface area contributed by atoms with E-state index in [1.54, 1.807) is 6.07 Å². The molecule has 0 radical (unpaired) electrons. The molecule has 0 bridgehead atoms. The molecule has 0 aliphatic rings. The number of primary amides is 1. The maximum absolute atomic E-state index is 11.2. The summed E-state index contributed by atoms with van der Waals surface area (Å²) in [4.78, 5) is 17.3. The van der Waals surface area contributed by atoms with Crippen molar-refractivity contribution in [3.63, 3.8) is 0 Å². The van der Waals surface area contributed by atoms with E-state index in [4.69, 9.17) is 11.5 Å². The fourth-order valence-electron chi connectivity index (χ4n) is 2.16. The van der Waals surface area contributed by atoms with Gasteiger partial charge in [-0.05, 0) is 37.6 Å². The van der Waals surface area contributed by atoms with Gasteiger partial charge >= 0.3 is 0 Å². The number of aryl methyl sites for hydroxylation is 2. The molecule has 5 nitrogen and oxygen atoms in total. The molecule has 2 rings (SSSR count). The third-order valence-electron chi connectivity index (χ3n) is 3.19. The molecule has 0 saturated carbocycles. The van der Waals surface area contributed by atoms with Crippen LogP contribution in [0, 0.1) is 13.8 Å². The summed E-state index contributed by atoms with van der Waals surface area (Å²) in [5, 5.41) is 0. The Morgan fingerprint density at radius 1 is 1.20 bits per heavy atom. The highest BCUT2D eigenvalue weighted by Crippen LogP contribution is 2.29. The number of pyridine rings is 1. The van der Waals surface area contributed by atoms with Crippen LogP contribution >= 0.6 is 0 Å². The lowest BCUT2D eigenvalue weighted by Crippen LogP contribution is -2.19. The van der Waals surface area contributed by atoms with Crippen LogP contribution < -0.4 is 16.4 Å². The number of aromatic nitrogens is 1. The molecule has 104 valence electrons. The highest BCUT2D eigenvalue weighted by atomic mass is 16.1. The second-order valence-corrected chi connectivity index (χ2v) is 4.82. The first-order chi connectivity index (χ1) is 9.40. The molecule has 0 aliphatic heterocycles. The molecule has 0 unspecified atom stereocenters. The Hall–Kier alpha value is -2.56. The maximum atomic E-state index is 11.2. The molecule has 0 fully saturated rings. The lowest BCUT2D eigenvalue weighted by atomic mass is 10.1. The number of hydrogen-bond donors (Lipinski definition) is 2. The fourth-order valence-corrected chi connectivity index (χ4v) is 2.16. The predicted molar refractivity (Wildman–Crippen MR) is 81.1 cm³/mol. The SMILES string of the molecule is Cc1ccc(N(C)c2nc(C(N)=O)ccc2N)c(C)c1. The van der Waals surface area contributed by atoms with E-state index in [0.717, 1.165) is 11.3 Å². The summed E-state index contributed by atoms with van der Waals surface area (Å²) >= 11 is 0. The van der Waals surface area contributed by atoms with Crippen LogP contribution in [0.25, 0.3) is 0 Å². The Bertz CT molecular complexity index is 667. The first kappa shape index (κ1) is 13.9. The third kappa shape index (κ3) is 2.56. The Morgan fingerprint density at radius 2 is 1.90 bits per heavy atom. The number of nitrogens with two attached hydrogens (primary N) is 2. The van der Waals surface area contributed by atoms with Crippen molar-refractivity contribution in [1.29, 1.82) is 0 Å². The van der Waals surface area contributed by atoms with E-state index >= 15 is 0 Å². The van der Waals surface area contributed by atoms with Gasteiger partial charge in [0.05, 0.1) is 5.69 Å². The number of amides is 1. The predicted octanol–water partition coefficient (Wildman–Crippen LogP) is 2.15. The van der Waals surface area contributed by atoms with Gasteiger partial charge in [-0.25, -0.2) is 4.98 Å². The molecule has 0 spiro atoms. The number of hydrogen-bond acceptors (Lipinski definition) is 4. The molecular formula is C15H18N4O. The van der Waals surface area contributed by atoms with Crippen LogP contribution in [0.2, 0.25) is 0 Å². The minimum Gasteiger partial charge on any atom is -0.396 e. The zero-order valence-corrected chi connectivity index (χ0v) is 11.8. The summed E-state index contributed by atoms with van der Waals surface area (Å²) in [5.74, 6) is -0.0477. The van der Waals surface area contributed by atoms with Crippen molar-refractivity contribution in [2.45, 2.75) is 13.8 Å². The number of carbonyl (C=O) groups is 1. The zero-order valence-electron chi connectivity index (χ0n) is 11.8. The van der Waals surface area contributed by atoms with E-state index in [1.807, 2.05) is 37.9 Å². The number of nitrogen functional groups attached to an aromatic ring is 1.